The molecular weight excluding hydrogens is 392 g/mol. The minimum atomic E-state index is -0.206. The highest BCUT2D eigenvalue weighted by atomic mass is 16.5. The summed E-state index contributed by atoms with van der Waals surface area (Å²) in [5.74, 6) is 1.89. The molecule has 1 amide bonds. The number of benzene rings is 3. The van der Waals surface area contributed by atoms with Crippen LogP contribution in [0.3, 0.4) is 0 Å². The van der Waals surface area contributed by atoms with Gasteiger partial charge in [0.25, 0.3) is 5.91 Å². The third-order valence-corrected chi connectivity index (χ3v) is 5.20. The molecule has 0 bridgehead atoms. The first-order valence-corrected chi connectivity index (χ1v) is 10.0. The quantitative estimate of drug-likeness (QED) is 0.571. The Morgan fingerprint density at radius 3 is 2.06 bits per heavy atom. The maximum Gasteiger partial charge on any atom is 0.281 e. The molecule has 0 unspecified atom stereocenters. The smallest absolute Gasteiger partial charge is 0.281 e. The molecule has 0 N–H and O–H groups in total. The van der Waals surface area contributed by atoms with Crippen molar-refractivity contribution >= 4 is 11.6 Å². The van der Waals surface area contributed by atoms with Gasteiger partial charge in [-0.15, -0.1) is 0 Å². The summed E-state index contributed by atoms with van der Waals surface area (Å²) in [6, 6.07) is 24.6. The van der Waals surface area contributed by atoms with Gasteiger partial charge in [-0.3, -0.25) is 4.79 Å². The van der Waals surface area contributed by atoms with E-state index in [0.717, 1.165) is 28.3 Å². The molecule has 158 valence electrons. The maximum absolute atomic E-state index is 13.1. The average Bonchev–Trinajstić information content (AvgIpc) is 3.29. The fourth-order valence-electron chi connectivity index (χ4n) is 3.51. The number of amides is 1. The summed E-state index contributed by atoms with van der Waals surface area (Å²) < 4.78 is 16.1. The predicted octanol–water partition coefficient (Wildman–Crippen LogP) is 4.46. The molecule has 0 spiro atoms. The number of methoxy groups -OCH3 is 2. The molecular formula is C25H24N2O4. The topological polar surface area (TPSA) is 60.4 Å². The molecule has 6 heteroatoms. The molecule has 31 heavy (non-hydrogen) atoms. The van der Waals surface area contributed by atoms with Gasteiger partial charge in [-0.1, -0.05) is 42.5 Å². The second kappa shape index (κ2) is 9.34. The van der Waals surface area contributed by atoms with E-state index in [1.165, 1.54) is 5.01 Å². The van der Waals surface area contributed by atoms with Crippen LogP contribution in [0, 0.1) is 0 Å². The largest absolute Gasteiger partial charge is 0.497 e. The lowest BCUT2D eigenvalue weighted by atomic mass is 9.98. The molecule has 1 aliphatic rings. The van der Waals surface area contributed by atoms with Crippen LogP contribution in [-0.4, -0.2) is 37.5 Å². The SMILES string of the molecule is COc1ccc(OCC(=O)N2N=C(c3ccccc3)C[C@@H]2c2ccc(OC)cc2)cc1. The Morgan fingerprint density at radius 1 is 0.871 bits per heavy atom. The zero-order valence-electron chi connectivity index (χ0n) is 17.5. The molecule has 0 fully saturated rings. The summed E-state index contributed by atoms with van der Waals surface area (Å²) in [6.07, 6.45) is 0.630. The summed E-state index contributed by atoms with van der Waals surface area (Å²) in [5, 5.41) is 6.20. The van der Waals surface area contributed by atoms with Gasteiger partial charge in [-0.2, -0.15) is 5.10 Å². The van der Waals surface area contributed by atoms with Gasteiger partial charge in [0, 0.05) is 6.42 Å². The summed E-state index contributed by atoms with van der Waals surface area (Å²) in [7, 11) is 3.24. The molecule has 4 rings (SSSR count). The number of hydrazone groups is 1. The number of ether oxygens (including phenoxy) is 3. The Kier molecular flexibility index (Phi) is 6.17. The minimum absolute atomic E-state index is 0.107. The molecule has 3 aromatic carbocycles. The van der Waals surface area contributed by atoms with Crippen LogP contribution in [0.5, 0.6) is 17.2 Å². The van der Waals surface area contributed by atoms with E-state index in [1.807, 2.05) is 54.6 Å². The van der Waals surface area contributed by atoms with Crippen LogP contribution in [0.1, 0.15) is 23.6 Å². The van der Waals surface area contributed by atoms with E-state index < -0.39 is 0 Å². The van der Waals surface area contributed by atoms with Gasteiger partial charge in [-0.05, 0) is 47.5 Å². The number of carbonyl (C=O) groups is 1. The lowest BCUT2D eigenvalue weighted by molar-refractivity contribution is -0.135. The van der Waals surface area contributed by atoms with Crippen molar-refractivity contribution in [3.05, 3.63) is 90.0 Å². The number of hydrogen-bond donors (Lipinski definition) is 0. The van der Waals surface area contributed by atoms with Gasteiger partial charge in [0.1, 0.15) is 17.2 Å². The van der Waals surface area contributed by atoms with Gasteiger partial charge in [0.15, 0.2) is 6.61 Å². The Labute approximate surface area is 181 Å². The third kappa shape index (κ3) is 4.69. The van der Waals surface area contributed by atoms with E-state index in [9.17, 15) is 4.79 Å². The molecule has 0 aliphatic carbocycles. The minimum Gasteiger partial charge on any atom is -0.497 e. The van der Waals surface area contributed by atoms with Crippen molar-refractivity contribution in [1.82, 2.24) is 5.01 Å². The molecule has 0 saturated carbocycles. The number of hydrogen-bond acceptors (Lipinski definition) is 5. The average molecular weight is 416 g/mol. The number of carbonyl (C=O) groups excluding carboxylic acids is 1. The number of rotatable bonds is 7. The number of nitrogens with zero attached hydrogens (tertiary/aromatic N) is 2. The van der Waals surface area contributed by atoms with E-state index in [1.54, 1.807) is 38.5 Å². The van der Waals surface area contributed by atoms with Crippen molar-refractivity contribution in [2.45, 2.75) is 12.5 Å². The van der Waals surface area contributed by atoms with Gasteiger partial charge in [-0.25, -0.2) is 5.01 Å². The highest BCUT2D eigenvalue weighted by Crippen LogP contribution is 2.33. The molecule has 1 aliphatic heterocycles. The highest BCUT2D eigenvalue weighted by Gasteiger charge is 2.33. The highest BCUT2D eigenvalue weighted by molar-refractivity contribution is 6.03. The summed E-state index contributed by atoms with van der Waals surface area (Å²) >= 11 is 0. The first kappa shape index (κ1) is 20.5. The zero-order chi connectivity index (χ0) is 21.6. The Hall–Kier alpha value is -3.80. The van der Waals surface area contributed by atoms with Crippen molar-refractivity contribution in [2.24, 2.45) is 5.10 Å². The molecule has 0 saturated heterocycles. The van der Waals surface area contributed by atoms with Crippen LogP contribution in [0.15, 0.2) is 84.0 Å². The van der Waals surface area contributed by atoms with Crippen LogP contribution in [-0.2, 0) is 4.79 Å². The summed E-state index contributed by atoms with van der Waals surface area (Å²) in [4.78, 5) is 13.1. The Balaban J connectivity index is 1.54. The first-order chi connectivity index (χ1) is 15.2. The van der Waals surface area contributed by atoms with Crippen molar-refractivity contribution in [1.29, 1.82) is 0 Å². The van der Waals surface area contributed by atoms with E-state index >= 15 is 0 Å². The van der Waals surface area contributed by atoms with Crippen molar-refractivity contribution in [3.8, 4) is 17.2 Å². The van der Waals surface area contributed by atoms with Crippen molar-refractivity contribution in [2.75, 3.05) is 20.8 Å². The van der Waals surface area contributed by atoms with Crippen molar-refractivity contribution in [3.63, 3.8) is 0 Å². The molecule has 0 radical (unpaired) electrons. The molecule has 6 nitrogen and oxygen atoms in total. The van der Waals surface area contributed by atoms with Gasteiger partial charge in [0.05, 0.1) is 26.0 Å². The van der Waals surface area contributed by atoms with Crippen LogP contribution < -0.4 is 14.2 Å². The van der Waals surface area contributed by atoms with Gasteiger partial charge >= 0.3 is 0 Å². The van der Waals surface area contributed by atoms with E-state index in [2.05, 4.69) is 5.10 Å². The zero-order valence-corrected chi connectivity index (χ0v) is 17.5. The van der Waals surface area contributed by atoms with Gasteiger partial charge < -0.3 is 14.2 Å². The van der Waals surface area contributed by atoms with E-state index in [-0.39, 0.29) is 18.6 Å². The van der Waals surface area contributed by atoms with E-state index in [4.69, 9.17) is 14.2 Å². The second-order valence-electron chi connectivity index (χ2n) is 7.11. The molecule has 1 atom stereocenters. The standard InChI is InChI=1S/C25H24N2O4/c1-29-20-10-8-19(9-11-20)24-16-23(18-6-4-3-5-7-18)26-27(24)25(28)17-31-22-14-12-21(30-2)13-15-22/h3-15,24H,16-17H2,1-2H3/t24-/m1/s1. The first-order valence-electron chi connectivity index (χ1n) is 10.0. The van der Waals surface area contributed by atoms with Gasteiger partial charge in [0.2, 0.25) is 0 Å². The molecule has 1 heterocycles. The Morgan fingerprint density at radius 2 is 1.45 bits per heavy atom. The fraction of sp³-hybridized carbons (Fsp3) is 0.200. The molecule has 3 aromatic rings. The third-order valence-electron chi connectivity index (χ3n) is 5.20. The molecule has 0 aromatic heterocycles. The van der Waals surface area contributed by atoms with Crippen LogP contribution in [0.4, 0.5) is 0 Å². The van der Waals surface area contributed by atoms with Crippen LogP contribution in [0.2, 0.25) is 0 Å². The predicted molar refractivity (Wildman–Crippen MR) is 119 cm³/mol. The fourth-order valence-corrected chi connectivity index (χ4v) is 3.51. The Bertz CT molecular complexity index is 1050. The lowest BCUT2D eigenvalue weighted by Gasteiger charge is -2.22. The summed E-state index contributed by atoms with van der Waals surface area (Å²) in [5.41, 5.74) is 2.87. The van der Waals surface area contributed by atoms with Crippen LogP contribution in [0.25, 0.3) is 0 Å². The van der Waals surface area contributed by atoms with Crippen molar-refractivity contribution < 1.29 is 19.0 Å². The monoisotopic (exact) mass is 416 g/mol. The lowest BCUT2D eigenvalue weighted by Crippen LogP contribution is -2.31. The maximum atomic E-state index is 13.1. The van der Waals surface area contributed by atoms with Crippen LogP contribution >= 0.6 is 0 Å². The second-order valence-corrected chi connectivity index (χ2v) is 7.11. The summed E-state index contributed by atoms with van der Waals surface area (Å²) in [6.45, 7) is -0.107. The normalized spacial score (nSPS) is 15.4. The van der Waals surface area contributed by atoms with E-state index in [0.29, 0.717) is 12.2 Å².